The van der Waals surface area contributed by atoms with Crippen molar-refractivity contribution in [3.63, 3.8) is 0 Å². The molecule has 0 radical (unpaired) electrons. The first-order valence-electron chi connectivity index (χ1n) is 14.1. The van der Waals surface area contributed by atoms with Gasteiger partial charge in [-0.05, 0) is 52.8 Å². The molecule has 1 amide bonds. The smallest absolute Gasteiger partial charge is 0.417 e. The molecule has 0 saturated carbocycles. The maximum atomic E-state index is 15.1. The van der Waals surface area contributed by atoms with Crippen LogP contribution in [0.1, 0.15) is 46.2 Å². The van der Waals surface area contributed by atoms with Crippen LogP contribution in [0, 0.1) is 11.6 Å². The predicted molar refractivity (Wildman–Crippen MR) is 157 cm³/mol. The summed E-state index contributed by atoms with van der Waals surface area (Å²) in [5.74, 6) is -1.90. The maximum absolute atomic E-state index is 15.1. The summed E-state index contributed by atoms with van der Waals surface area (Å²) in [6, 6.07) is 1.86. The Bertz CT molecular complexity index is 1660. The first-order valence-corrected chi connectivity index (χ1v) is 15.0. The largest absolute Gasteiger partial charge is 0.444 e. The number of hydrogen-bond donors (Lipinski definition) is 0. The highest BCUT2D eigenvalue weighted by Crippen LogP contribution is 2.50. The quantitative estimate of drug-likeness (QED) is 0.302. The second-order valence-corrected chi connectivity index (χ2v) is 13.2. The van der Waals surface area contributed by atoms with Crippen molar-refractivity contribution in [1.29, 1.82) is 0 Å². The Kier molecular flexibility index (Phi) is 8.38. The van der Waals surface area contributed by atoms with Crippen molar-refractivity contribution in [3.8, 4) is 11.1 Å². The van der Waals surface area contributed by atoms with Crippen molar-refractivity contribution in [1.82, 2.24) is 14.5 Å². The molecule has 2 aliphatic rings. The van der Waals surface area contributed by atoms with Gasteiger partial charge in [0.25, 0.3) is 0 Å². The molecule has 44 heavy (non-hydrogen) atoms. The highest BCUT2D eigenvalue weighted by Gasteiger charge is 2.41. The van der Waals surface area contributed by atoms with Crippen LogP contribution in [-0.2, 0) is 15.7 Å². The number of hydrogen-bond acceptors (Lipinski definition) is 7. The van der Waals surface area contributed by atoms with Crippen LogP contribution < -0.4 is 10.6 Å². The lowest BCUT2D eigenvalue weighted by atomic mass is 9.95. The predicted octanol–water partition coefficient (Wildman–Crippen LogP) is 6.49. The zero-order valence-corrected chi connectivity index (χ0v) is 25.9. The normalized spacial score (nSPS) is 20.8. The van der Waals surface area contributed by atoms with Gasteiger partial charge in [-0.1, -0.05) is 0 Å². The van der Waals surface area contributed by atoms with Crippen molar-refractivity contribution in [2.75, 3.05) is 37.5 Å². The van der Waals surface area contributed by atoms with Crippen LogP contribution in [0.5, 0.6) is 0 Å². The van der Waals surface area contributed by atoms with E-state index < -0.39 is 70.0 Å². The SMILES string of the molecule is COC[C@H]1CSc2c(-c3ccc(F)cc3F)c(C(F)(F)F)cc3c(N4C[C@@H](C)N(C(=O)OC(C)(C)C)[C@H](C)C4)nc(=O)n1c23. The highest BCUT2D eigenvalue weighted by molar-refractivity contribution is 7.99. The summed E-state index contributed by atoms with van der Waals surface area (Å²) >= 11 is 1.05. The standard InChI is InChI=1S/C30H33F5N4O4S/c1-15-11-37(12-16(2)38(15)28(41)43-29(3,4)5)26-20-10-21(30(33,34)35)23(19-8-7-17(31)9-22(19)32)25-24(20)39(27(40)36-26)18(13-42-6)14-44-25/h7-10,15-16,18H,11-14H2,1-6H3/t15-,16-,18+/m1/s1. The topological polar surface area (TPSA) is 76.9 Å². The van der Waals surface area contributed by atoms with Gasteiger partial charge in [-0.3, -0.25) is 9.47 Å². The number of carbonyl (C=O) groups excluding carboxylic acids is 1. The summed E-state index contributed by atoms with van der Waals surface area (Å²) in [6.07, 6.45) is -5.45. The molecule has 1 saturated heterocycles. The second-order valence-electron chi connectivity index (χ2n) is 12.1. The van der Waals surface area contributed by atoms with E-state index in [2.05, 4.69) is 4.98 Å². The Labute approximate surface area is 255 Å². The molecule has 5 rings (SSSR count). The number of nitrogens with zero attached hydrogens (tertiary/aromatic N) is 4. The number of alkyl halides is 3. The molecule has 3 atom stereocenters. The van der Waals surface area contributed by atoms with Gasteiger partial charge in [0.2, 0.25) is 0 Å². The van der Waals surface area contributed by atoms with Crippen molar-refractivity contribution < 1.29 is 36.2 Å². The summed E-state index contributed by atoms with van der Waals surface area (Å²) in [5, 5.41) is 0.0524. The Morgan fingerprint density at radius 1 is 1.09 bits per heavy atom. The van der Waals surface area contributed by atoms with Crippen LogP contribution in [0.3, 0.4) is 0 Å². The van der Waals surface area contributed by atoms with Crippen molar-refractivity contribution in [2.24, 2.45) is 0 Å². The van der Waals surface area contributed by atoms with Crippen LogP contribution in [-0.4, -0.2) is 70.8 Å². The van der Waals surface area contributed by atoms with Crippen LogP contribution in [0.25, 0.3) is 22.0 Å². The molecule has 238 valence electrons. The number of amides is 1. The Morgan fingerprint density at radius 3 is 2.32 bits per heavy atom. The minimum atomic E-state index is -4.93. The number of thioether (sulfide) groups is 1. The molecule has 0 N–H and O–H groups in total. The van der Waals surface area contributed by atoms with Gasteiger partial charge in [0.15, 0.2) is 0 Å². The molecule has 3 heterocycles. The van der Waals surface area contributed by atoms with Crippen LogP contribution in [0.15, 0.2) is 34.0 Å². The van der Waals surface area contributed by atoms with Crippen molar-refractivity contribution in [2.45, 2.75) is 69.4 Å². The van der Waals surface area contributed by atoms with Gasteiger partial charge in [-0.15, -0.1) is 11.8 Å². The molecule has 3 aromatic rings. The number of benzene rings is 2. The third-order valence-electron chi connectivity index (χ3n) is 7.62. The first-order chi connectivity index (χ1) is 20.5. The third kappa shape index (κ3) is 5.85. The summed E-state index contributed by atoms with van der Waals surface area (Å²) in [4.78, 5) is 34.2. The number of aromatic nitrogens is 2. The Hall–Kier alpha value is -3.39. The number of anilines is 1. The minimum absolute atomic E-state index is 0.0281. The van der Waals surface area contributed by atoms with E-state index in [0.717, 1.165) is 30.0 Å². The van der Waals surface area contributed by atoms with Gasteiger partial charge >= 0.3 is 18.0 Å². The van der Waals surface area contributed by atoms with Gasteiger partial charge in [-0.2, -0.15) is 18.2 Å². The number of carbonyl (C=O) groups is 1. The fourth-order valence-electron chi connectivity index (χ4n) is 6.00. The molecule has 8 nitrogen and oxygen atoms in total. The highest BCUT2D eigenvalue weighted by atomic mass is 32.2. The lowest BCUT2D eigenvalue weighted by molar-refractivity contribution is -0.137. The minimum Gasteiger partial charge on any atom is -0.444 e. The van der Waals surface area contributed by atoms with E-state index in [0.29, 0.717) is 6.07 Å². The van der Waals surface area contributed by atoms with Gasteiger partial charge < -0.3 is 14.4 Å². The van der Waals surface area contributed by atoms with E-state index >= 15 is 4.39 Å². The molecule has 1 aromatic heterocycles. The molecular weight excluding hydrogens is 607 g/mol. The monoisotopic (exact) mass is 640 g/mol. The average molecular weight is 641 g/mol. The van der Waals surface area contributed by atoms with Gasteiger partial charge in [0.1, 0.15) is 23.1 Å². The fraction of sp³-hybridized carbons (Fsp3) is 0.500. The van der Waals surface area contributed by atoms with E-state index in [1.807, 2.05) is 0 Å². The maximum Gasteiger partial charge on any atom is 0.417 e. The Balaban J connectivity index is 1.75. The molecule has 1 fully saturated rings. The van der Waals surface area contributed by atoms with E-state index in [1.54, 1.807) is 44.4 Å². The third-order valence-corrected chi connectivity index (χ3v) is 8.86. The summed E-state index contributed by atoms with van der Waals surface area (Å²) < 4.78 is 85.4. The molecule has 0 bridgehead atoms. The van der Waals surface area contributed by atoms with E-state index in [-0.39, 0.29) is 47.1 Å². The lowest BCUT2D eigenvalue weighted by Gasteiger charge is -2.45. The van der Waals surface area contributed by atoms with Crippen LogP contribution in [0.4, 0.5) is 32.6 Å². The number of rotatable bonds is 4. The van der Waals surface area contributed by atoms with Gasteiger partial charge in [0, 0.05) is 53.4 Å². The van der Waals surface area contributed by atoms with Crippen molar-refractivity contribution >= 4 is 34.6 Å². The van der Waals surface area contributed by atoms with E-state index in [9.17, 15) is 27.2 Å². The number of halogens is 5. The molecule has 2 aromatic carbocycles. The molecule has 0 aliphatic carbocycles. The van der Waals surface area contributed by atoms with Crippen LogP contribution in [0.2, 0.25) is 0 Å². The van der Waals surface area contributed by atoms with Crippen LogP contribution >= 0.6 is 11.8 Å². The first kappa shape index (κ1) is 32.0. The number of ether oxygens (including phenoxy) is 2. The zero-order valence-electron chi connectivity index (χ0n) is 25.1. The van der Waals surface area contributed by atoms with E-state index in [4.69, 9.17) is 9.47 Å². The Morgan fingerprint density at radius 2 is 1.75 bits per heavy atom. The van der Waals surface area contributed by atoms with Gasteiger partial charge in [-0.25, -0.2) is 18.4 Å². The number of piperazine rings is 1. The summed E-state index contributed by atoms with van der Waals surface area (Å²) in [5.41, 5.74) is -3.29. The zero-order chi connectivity index (χ0) is 32.3. The molecule has 0 spiro atoms. The van der Waals surface area contributed by atoms with E-state index in [1.165, 1.54) is 11.7 Å². The number of methoxy groups -OCH3 is 1. The lowest BCUT2D eigenvalue weighted by Crippen LogP contribution is -2.60. The molecule has 14 heteroatoms. The summed E-state index contributed by atoms with van der Waals surface area (Å²) in [6.45, 7) is 9.24. The fourth-order valence-corrected chi connectivity index (χ4v) is 7.31. The second kappa shape index (κ2) is 11.5. The average Bonchev–Trinajstić information content (AvgIpc) is 2.89. The molecule has 0 unspecified atom stereocenters. The van der Waals surface area contributed by atoms with Crippen molar-refractivity contribution in [3.05, 3.63) is 51.9 Å². The summed E-state index contributed by atoms with van der Waals surface area (Å²) in [7, 11) is 1.45. The molecule has 2 aliphatic heterocycles. The molecular formula is C30H33F5N4O4S. The van der Waals surface area contributed by atoms with Gasteiger partial charge in [0.05, 0.1) is 35.8 Å².